The fourth-order valence-corrected chi connectivity index (χ4v) is 2.16. The molecule has 1 heterocycles. The van der Waals surface area contributed by atoms with Gasteiger partial charge in [0.1, 0.15) is 5.75 Å². The maximum Gasteiger partial charge on any atom is 0.248 e. The summed E-state index contributed by atoms with van der Waals surface area (Å²) < 4.78 is 6.16. The van der Waals surface area contributed by atoms with Crippen LogP contribution in [0, 0.1) is 0 Å². The molecule has 1 amide bonds. The molecule has 0 aliphatic carbocycles. The number of carbonyl (C=O) groups is 1. The number of hydrogen-bond acceptors (Lipinski definition) is 4. The molecule has 0 saturated heterocycles. The molecule has 0 saturated carbocycles. The summed E-state index contributed by atoms with van der Waals surface area (Å²) in [4.78, 5) is 15.3. The lowest BCUT2D eigenvalue weighted by Crippen LogP contribution is -2.11. The van der Waals surface area contributed by atoms with Crippen molar-refractivity contribution < 1.29 is 9.53 Å². The average molecular weight is 336 g/mol. The molecule has 0 spiro atoms. The van der Waals surface area contributed by atoms with Gasteiger partial charge in [-0.1, -0.05) is 0 Å². The summed E-state index contributed by atoms with van der Waals surface area (Å²) in [5, 5.41) is 3.21. The molecule has 104 valence electrons. The summed E-state index contributed by atoms with van der Waals surface area (Å²) in [6, 6.07) is 6.98. The van der Waals surface area contributed by atoms with Crippen molar-refractivity contribution >= 4 is 27.5 Å². The quantitative estimate of drug-likeness (QED) is 0.880. The van der Waals surface area contributed by atoms with Crippen molar-refractivity contribution in [2.45, 2.75) is 6.54 Å². The fourth-order valence-electron chi connectivity index (χ4n) is 1.75. The van der Waals surface area contributed by atoms with Crippen LogP contribution in [0.15, 0.2) is 41.1 Å². The molecule has 2 aromatic rings. The van der Waals surface area contributed by atoms with Gasteiger partial charge in [-0.3, -0.25) is 9.78 Å². The van der Waals surface area contributed by atoms with Crippen molar-refractivity contribution in [3.63, 3.8) is 0 Å². The average Bonchev–Trinajstić information content (AvgIpc) is 2.44. The Labute approximate surface area is 125 Å². The molecule has 1 aromatic carbocycles. The van der Waals surface area contributed by atoms with Gasteiger partial charge in [0.05, 0.1) is 12.8 Å². The fraction of sp³-hybridized carbons (Fsp3) is 0.143. The van der Waals surface area contributed by atoms with Gasteiger partial charge < -0.3 is 15.8 Å². The van der Waals surface area contributed by atoms with Crippen molar-refractivity contribution in [2.75, 3.05) is 12.4 Å². The second kappa shape index (κ2) is 6.38. The van der Waals surface area contributed by atoms with E-state index in [4.69, 9.17) is 10.5 Å². The molecule has 0 radical (unpaired) electrons. The molecule has 20 heavy (non-hydrogen) atoms. The van der Waals surface area contributed by atoms with Gasteiger partial charge in [0, 0.05) is 29.0 Å². The highest BCUT2D eigenvalue weighted by Crippen LogP contribution is 2.26. The van der Waals surface area contributed by atoms with Gasteiger partial charge in [-0.05, 0) is 45.8 Å². The van der Waals surface area contributed by atoms with Crippen LogP contribution in [-0.2, 0) is 6.54 Å². The largest absolute Gasteiger partial charge is 0.495 e. The third-order valence-electron chi connectivity index (χ3n) is 2.73. The summed E-state index contributed by atoms with van der Waals surface area (Å²) >= 11 is 3.37. The normalized spacial score (nSPS) is 10.1. The number of rotatable bonds is 5. The number of primary amides is 1. The summed E-state index contributed by atoms with van der Waals surface area (Å²) in [5.74, 6) is 0.179. The number of pyridine rings is 1. The van der Waals surface area contributed by atoms with Gasteiger partial charge in [-0.25, -0.2) is 0 Å². The van der Waals surface area contributed by atoms with Crippen LogP contribution in [0.3, 0.4) is 0 Å². The number of nitrogens with one attached hydrogen (secondary N) is 1. The maximum absolute atomic E-state index is 11.2. The third-order valence-corrected chi connectivity index (χ3v) is 3.16. The number of carbonyl (C=O) groups excluding carboxylic acids is 1. The van der Waals surface area contributed by atoms with E-state index in [1.807, 2.05) is 6.07 Å². The summed E-state index contributed by atoms with van der Waals surface area (Å²) in [6.45, 7) is 0.561. The minimum atomic E-state index is -0.472. The predicted octanol–water partition coefficient (Wildman–Crippen LogP) is 2.56. The predicted molar refractivity (Wildman–Crippen MR) is 80.8 cm³/mol. The minimum Gasteiger partial charge on any atom is -0.495 e. The van der Waals surface area contributed by atoms with Gasteiger partial charge in [0.15, 0.2) is 0 Å². The van der Waals surface area contributed by atoms with E-state index >= 15 is 0 Å². The van der Waals surface area contributed by atoms with E-state index in [2.05, 4.69) is 26.2 Å². The van der Waals surface area contributed by atoms with E-state index in [1.165, 1.54) is 0 Å². The third kappa shape index (κ3) is 3.48. The number of hydrogen-bond donors (Lipinski definition) is 2. The van der Waals surface area contributed by atoms with Crippen LogP contribution in [0.1, 0.15) is 15.9 Å². The Kier molecular flexibility index (Phi) is 4.57. The topological polar surface area (TPSA) is 77.2 Å². The van der Waals surface area contributed by atoms with E-state index < -0.39 is 5.91 Å². The van der Waals surface area contributed by atoms with Crippen molar-refractivity contribution in [1.29, 1.82) is 0 Å². The van der Waals surface area contributed by atoms with Gasteiger partial charge in [-0.15, -0.1) is 0 Å². The number of amides is 1. The SMILES string of the molecule is COc1ccc(C(N)=O)cc1NCc1cncc(Br)c1. The van der Waals surface area contributed by atoms with E-state index in [0.717, 1.165) is 10.0 Å². The van der Waals surface area contributed by atoms with Crippen LogP contribution in [-0.4, -0.2) is 18.0 Å². The number of methoxy groups -OCH3 is 1. The zero-order valence-electron chi connectivity index (χ0n) is 10.9. The van der Waals surface area contributed by atoms with Gasteiger partial charge >= 0.3 is 0 Å². The molecule has 6 heteroatoms. The molecule has 3 N–H and O–H groups in total. The van der Waals surface area contributed by atoms with Crippen molar-refractivity contribution in [1.82, 2.24) is 4.98 Å². The smallest absolute Gasteiger partial charge is 0.248 e. The van der Waals surface area contributed by atoms with Gasteiger partial charge in [0.2, 0.25) is 5.91 Å². The molecule has 2 rings (SSSR count). The number of anilines is 1. The van der Waals surface area contributed by atoms with Crippen LogP contribution in [0.4, 0.5) is 5.69 Å². The second-order valence-electron chi connectivity index (χ2n) is 4.14. The van der Waals surface area contributed by atoms with Gasteiger partial charge in [0.25, 0.3) is 0 Å². The zero-order chi connectivity index (χ0) is 14.5. The first kappa shape index (κ1) is 14.3. The molecular formula is C14H14BrN3O2. The summed E-state index contributed by atoms with van der Waals surface area (Å²) in [7, 11) is 1.57. The Morgan fingerprint density at radius 2 is 2.20 bits per heavy atom. The molecular weight excluding hydrogens is 322 g/mol. The molecule has 5 nitrogen and oxygen atoms in total. The van der Waals surface area contributed by atoms with E-state index in [0.29, 0.717) is 23.5 Å². The number of benzene rings is 1. The lowest BCUT2D eigenvalue weighted by Gasteiger charge is -2.12. The van der Waals surface area contributed by atoms with Gasteiger partial charge in [-0.2, -0.15) is 0 Å². The number of halogens is 1. The highest BCUT2D eigenvalue weighted by molar-refractivity contribution is 9.10. The standard InChI is InChI=1S/C14H14BrN3O2/c1-20-13-3-2-10(14(16)19)5-12(13)18-7-9-4-11(15)8-17-6-9/h2-6,8,18H,7H2,1H3,(H2,16,19). The number of aromatic nitrogens is 1. The van der Waals surface area contributed by atoms with Crippen LogP contribution >= 0.6 is 15.9 Å². The van der Waals surface area contributed by atoms with Crippen molar-refractivity contribution in [3.05, 3.63) is 52.3 Å². The molecule has 0 fully saturated rings. The highest BCUT2D eigenvalue weighted by Gasteiger charge is 2.07. The van der Waals surface area contributed by atoms with E-state index in [-0.39, 0.29) is 0 Å². The van der Waals surface area contributed by atoms with Crippen molar-refractivity contribution in [2.24, 2.45) is 5.73 Å². The molecule has 0 atom stereocenters. The Morgan fingerprint density at radius 3 is 2.85 bits per heavy atom. The molecule has 0 aliphatic heterocycles. The Hall–Kier alpha value is -2.08. The lowest BCUT2D eigenvalue weighted by molar-refractivity contribution is 0.100. The Bertz CT molecular complexity index is 632. The molecule has 1 aromatic heterocycles. The lowest BCUT2D eigenvalue weighted by atomic mass is 10.1. The Morgan fingerprint density at radius 1 is 1.40 bits per heavy atom. The van der Waals surface area contributed by atoms with Crippen LogP contribution in [0.2, 0.25) is 0 Å². The number of nitrogens with two attached hydrogens (primary N) is 1. The molecule has 0 aliphatic rings. The maximum atomic E-state index is 11.2. The first-order chi connectivity index (χ1) is 9.60. The summed E-state index contributed by atoms with van der Waals surface area (Å²) in [6.07, 6.45) is 3.49. The summed E-state index contributed by atoms with van der Waals surface area (Å²) in [5.41, 5.74) is 7.43. The van der Waals surface area contributed by atoms with E-state index in [1.54, 1.807) is 37.7 Å². The minimum absolute atomic E-state index is 0.431. The first-order valence-electron chi connectivity index (χ1n) is 5.91. The van der Waals surface area contributed by atoms with Crippen LogP contribution < -0.4 is 15.8 Å². The van der Waals surface area contributed by atoms with Crippen LogP contribution in [0.5, 0.6) is 5.75 Å². The Balaban J connectivity index is 2.19. The number of ether oxygens (including phenoxy) is 1. The monoisotopic (exact) mass is 335 g/mol. The number of nitrogens with zero attached hydrogens (tertiary/aromatic N) is 1. The highest BCUT2D eigenvalue weighted by atomic mass is 79.9. The second-order valence-corrected chi connectivity index (χ2v) is 5.06. The zero-order valence-corrected chi connectivity index (χ0v) is 12.5. The van der Waals surface area contributed by atoms with Crippen molar-refractivity contribution in [3.8, 4) is 5.75 Å². The molecule has 0 unspecified atom stereocenters. The van der Waals surface area contributed by atoms with E-state index in [9.17, 15) is 4.79 Å². The van der Waals surface area contributed by atoms with Crippen LogP contribution in [0.25, 0.3) is 0 Å². The molecule has 0 bridgehead atoms. The first-order valence-corrected chi connectivity index (χ1v) is 6.70.